The Bertz CT molecular complexity index is 774. The molecule has 25 heavy (non-hydrogen) atoms. The van der Waals surface area contributed by atoms with Crippen molar-refractivity contribution in [2.24, 2.45) is 0 Å². The van der Waals surface area contributed by atoms with E-state index in [9.17, 15) is 4.79 Å². The van der Waals surface area contributed by atoms with Gasteiger partial charge in [0.15, 0.2) is 0 Å². The number of piperazine rings is 1. The van der Waals surface area contributed by atoms with Crippen molar-refractivity contribution in [3.63, 3.8) is 0 Å². The Morgan fingerprint density at radius 1 is 0.920 bits per heavy atom. The fourth-order valence-corrected chi connectivity index (χ4v) is 3.54. The summed E-state index contributed by atoms with van der Waals surface area (Å²) in [5.41, 5.74) is 7.55. The van der Waals surface area contributed by atoms with Crippen molar-refractivity contribution in [1.82, 2.24) is 4.90 Å². The molecule has 0 radical (unpaired) electrons. The summed E-state index contributed by atoms with van der Waals surface area (Å²) in [6, 6.07) is 12.8. The number of hydrogen-bond acceptors (Lipinski definition) is 2. The molecule has 3 nitrogen and oxygen atoms in total. The first-order valence-electron chi connectivity index (χ1n) is 9.11. The van der Waals surface area contributed by atoms with E-state index in [1.54, 1.807) is 0 Å². The van der Waals surface area contributed by atoms with Gasteiger partial charge in [-0.15, -0.1) is 0 Å². The Morgan fingerprint density at radius 2 is 1.64 bits per heavy atom. The summed E-state index contributed by atoms with van der Waals surface area (Å²) in [5.74, 6) is 0.245. The number of amides is 1. The fourth-order valence-electron chi connectivity index (χ4n) is 3.54. The second-order valence-electron chi connectivity index (χ2n) is 7.19. The van der Waals surface area contributed by atoms with Crippen LogP contribution in [0, 0.1) is 27.7 Å². The molecule has 1 saturated heterocycles. The molecule has 0 spiro atoms. The molecule has 1 fully saturated rings. The van der Waals surface area contributed by atoms with Gasteiger partial charge in [-0.05, 0) is 56.0 Å². The standard InChI is InChI=1S/C22H28N2O/c1-16-8-9-18(3)20(14-16)15-22(25)24-12-10-23(11-13-24)21-7-5-6-17(2)19(21)4/h5-9,14H,10-13,15H2,1-4H3. The first-order valence-corrected chi connectivity index (χ1v) is 9.11. The number of rotatable bonds is 3. The highest BCUT2D eigenvalue weighted by Crippen LogP contribution is 2.24. The second kappa shape index (κ2) is 7.30. The van der Waals surface area contributed by atoms with Crippen LogP contribution >= 0.6 is 0 Å². The second-order valence-corrected chi connectivity index (χ2v) is 7.19. The lowest BCUT2D eigenvalue weighted by molar-refractivity contribution is -0.130. The van der Waals surface area contributed by atoms with Crippen LogP contribution in [0.3, 0.4) is 0 Å². The molecule has 0 unspecified atom stereocenters. The Morgan fingerprint density at radius 3 is 2.36 bits per heavy atom. The van der Waals surface area contributed by atoms with Crippen LogP contribution in [-0.2, 0) is 11.2 Å². The molecule has 2 aromatic rings. The maximum Gasteiger partial charge on any atom is 0.227 e. The molecule has 0 N–H and O–H groups in total. The molecule has 1 amide bonds. The lowest BCUT2D eigenvalue weighted by Crippen LogP contribution is -2.49. The molecule has 1 aliphatic heterocycles. The van der Waals surface area contributed by atoms with E-state index < -0.39 is 0 Å². The number of aryl methyl sites for hydroxylation is 3. The van der Waals surface area contributed by atoms with Crippen LogP contribution in [0.4, 0.5) is 5.69 Å². The first-order chi connectivity index (χ1) is 12.0. The molecule has 3 heteroatoms. The van der Waals surface area contributed by atoms with Gasteiger partial charge in [0.2, 0.25) is 5.91 Å². The lowest BCUT2D eigenvalue weighted by atomic mass is 10.0. The molecule has 0 atom stereocenters. The zero-order valence-corrected chi connectivity index (χ0v) is 15.8. The van der Waals surface area contributed by atoms with Gasteiger partial charge in [-0.25, -0.2) is 0 Å². The van der Waals surface area contributed by atoms with Crippen LogP contribution < -0.4 is 4.90 Å². The number of hydrogen-bond donors (Lipinski definition) is 0. The number of benzene rings is 2. The third-order valence-electron chi connectivity index (χ3n) is 5.40. The van der Waals surface area contributed by atoms with Crippen molar-refractivity contribution < 1.29 is 4.79 Å². The van der Waals surface area contributed by atoms with E-state index >= 15 is 0 Å². The smallest absolute Gasteiger partial charge is 0.227 e. The van der Waals surface area contributed by atoms with Gasteiger partial charge in [-0.1, -0.05) is 35.9 Å². The molecule has 132 valence electrons. The minimum absolute atomic E-state index is 0.245. The van der Waals surface area contributed by atoms with Crippen molar-refractivity contribution in [1.29, 1.82) is 0 Å². The van der Waals surface area contributed by atoms with Crippen molar-refractivity contribution in [3.05, 3.63) is 64.2 Å². The van der Waals surface area contributed by atoms with Gasteiger partial charge in [0.25, 0.3) is 0 Å². The van der Waals surface area contributed by atoms with Gasteiger partial charge in [-0.3, -0.25) is 4.79 Å². The summed E-state index contributed by atoms with van der Waals surface area (Å²) in [6.45, 7) is 11.9. The van der Waals surface area contributed by atoms with E-state index in [1.807, 2.05) is 4.90 Å². The van der Waals surface area contributed by atoms with Crippen LogP contribution in [0.25, 0.3) is 0 Å². The molecule has 0 aliphatic carbocycles. The maximum absolute atomic E-state index is 12.7. The topological polar surface area (TPSA) is 23.6 Å². The SMILES string of the molecule is Cc1ccc(C)c(CC(=O)N2CCN(c3cccc(C)c3C)CC2)c1. The fraction of sp³-hybridized carbons (Fsp3) is 0.409. The zero-order valence-electron chi connectivity index (χ0n) is 15.8. The summed E-state index contributed by atoms with van der Waals surface area (Å²) in [6.07, 6.45) is 0.511. The molecule has 1 heterocycles. The van der Waals surface area contributed by atoms with Crippen molar-refractivity contribution in [2.45, 2.75) is 34.1 Å². The third kappa shape index (κ3) is 3.87. The monoisotopic (exact) mass is 336 g/mol. The molecule has 0 aromatic heterocycles. The Hall–Kier alpha value is -2.29. The number of nitrogens with zero attached hydrogens (tertiary/aromatic N) is 2. The van der Waals surface area contributed by atoms with Gasteiger partial charge in [-0.2, -0.15) is 0 Å². The summed E-state index contributed by atoms with van der Waals surface area (Å²) < 4.78 is 0. The van der Waals surface area contributed by atoms with Crippen LogP contribution in [0.1, 0.15) is 27.8 Å². The largest absolute Gasteiger partial charge is 0.368 e. The van der Waals surface area contributed by atoms with Crippen LogP contribution in [0.2, 0.25) is 0 Å². The van der Waals surface area contributed by atoms with E-state index in [-0.39, 0.29) is 5.91 Å². The summed E-state index contributed by atoms with van der Waals surface area (Å²) in [4.78, 5) is 17.1. The van der Waals surface area contributed by atoms with E-state index in [1.165, 1.54) is 27.9 Å². The minimum atomic E-state index is 0.245. The molecule has 2 aromatic carbocycles. The van der Waals surface area contributed by atoms with Gasteiger partial charge >= 0.3 is 0 Å². The van der Waals surface area contributed by atoms with Gasteiger partial charge < -0.3 is 9.80 Å². The summed E-state index contributed by atoms with van der Waals surface area (Å²) in [5, 5.41) is 0. The van der Waals surface area contributed by atoms with E-state index in [0.29, 0.717) is 6.42 Å². The average Bonchev–Trinajstić information content (AvgIpc) is 2.61. The normalized spacial score (nSPS) is 14.7. The third-order valence-corrected chi connectivity index (χ3v) is 5.40. The maximum atomic E-state index is 12.7. The summed E-state index contributed by atoms with van der Waals surface area (Å²) in [7, 11) is 0. The molecule has 0 saturated carbocycles. The quantitative estimate of drug-likeness (QED) is 0.851. The molecular formula is C22H28N2O. The van der Waals surface area contributed by atoms with Crippen LogP contribution in [-0.4, -0.2) is 37.0 Å². The summed E-state index contributed by atoms with van der Waals surface area (Å²) >= 11 is 0. The lowest BCUT2D eigenvalue weighted by Gasteiger charge is -2.37. The minimum Gasteiger partial charge on any atom is -0.368 e. The van der Waals surface area contributed by atoms with Crippen LogP contribution in [0.15, 0.2) is 36.4 Å². The van der Waals surface area contributed by atoms with Crippen molar-refractivity contribution in [2.75, 3.05) is 31.1 Å². The number of anilines is 1. The predicted molar refractivity (Wildman–Crippen MR) is 104 cm³/mol. The molecule has 3 rings (SSSR count). The number of carbonyl (C=O) groups excluding carboxylic acids is 1. The van der Waals surface area contributed by atoms with E-state index in [0.717, 1.165) is 31.7 Å². The molecular weight excluding hydrogens is 308 g/mol. The Balaban J connectivity index is 1.63. The first kappa shape index (κ1) is 17.5. The highest BCUT2D eigenvalue weighted by molar-refractivity contribution is 5.79. The van der Waals surface area contributed by atoms with Crippen LogP contribution in [0.5, 0.6) is 0 Å². The highest BCUT2D eigenvalue weighted by Gasteiger charge is 2.22. The van der Waals surface area contributed by atoms with Crippen molar-refractivity contribution in [3.8, 4) is 0 Å². The number of carbonyl (C=O) groups is 1. The van der Waals surface area contributed by atoms with Gasteiger partial charge in [0, 0.05) is 31.9 Å². The van der Waals surface area contributed by atoms with Gasteiger partial charge in [0.1, 0.15) is 0 Å². The van der Waals surface area contributed by atoms with Crippen molar-refractivity contribution >= 4 is 11.6 Å². The molecule has 0 bridgehead atoms. The molecule has 1 aliphatic rings. The average molecular weight is 336 g/mol. The zero-order chi connectivity index (χ0) is 18.0. The Labute approximate surface area is 151 Å². The Kier molecular flexibility index (Phi) is 5.12. The predicted octanol–water partition coefficient (Wildman–Crippen LogP) is 3.81. The van der Waals surface area contributed by atoms with Gasteiger partial charge in [0.05, 0.1) is 6.42 Å². The van der Waals surface area contributed by atoms with E-state index in [4.69, 9.17) is 0 Å². The van der Waals surface area contributed by atoms with E-state index in [2.05, 4.69) is 69.0 Å². The highest BCUT2D eigenvalue weighted by atomic mass is 16.2.